The third-order valence-corrected chi connectivity index (χ3v) is 3.97. The zero-order valence-electron chi connectivity index (χ0n) is 7.26. The average Bonchev–Trinajstić information content (AvgIpc) is 2.18. The van der Waals surface area contributed by atoms with E-state index in [1.54, 1.807) is 18.2 Å². The summed E-state index contributed by atoms with van der Waals surface area (Å²) in [6, 6.07) is 5.13. The molecule has 0 spiro atoms. The highest BCUT2D eigenvalue weighted by atomic mass is 79.9. The fraction of sp³-hybridized carbons (Fsp3) is 0. The summed E-state index contributed by atoms with van der Waals surface area (Å²) in [5.74, 6) is 0.234. The summed E-state index contributed by atoms with van der Waals surface area (Å²) in [4.78, 5) is 0. The zero-order chi connectivity index (χ0) is 11.2. The molecule has 0 saturated heterocycles. The highest BCUT2D eigenvalue weighted by Gasteiger charge is 2.13. The van der Waals surface area contributed by atoms with Gasteiger partial charge in [0.15, 0.2) is 0 Å². The van der Waals surface area contributed by atoms with Crippen LogP contribution in [0.4, 0.5) is 0 Å². The summed E-state index contributed by atoms with van der Waals surface area (Å²) in [6.07, 6.45) is 0. The fourth-order valence-corrected chi connectivity index (χ4v) is 3.10. The van der Waals surface area contributed by atoms with Crippen LogP contribution < -0.4 is 0 Å². The van der Waals surface area contributed by atoms with Gasteiger partial charge in [-0.15, -0.1) is 0 Å². The maximum absolute atomic E-state index is 9.85. The molecule has 0 heterocycles. The van der Waals surface area contributed by atoms with Gasteiger partial charge in [0.25, 0.3) is 0 Å². The second-order valence-corrected chi connectivity index (χ2v) is 5.57. The monoisotopic (exact) mass is 394 g/mol. The van der Waals surface area contributed by atoms with Gasteiger partial charge in [0, 0.05) is 15.2 Å². The first-order valence-electron chi connectivity index (χ1n) is 4.00. The SMILES string of the molecule is Oc1c(Br)cc(Br)c2c(O)c(Br)ccc12. The van der Waals surface area contributed by atoms with Gasteiger partial charge in [-0.2, -0.15) is 0 Å². The fourth-order valence-electron chi connectivity index (χ4n) is 1.39. The second-order valence-electron chi connectivity index (χ2n) is 3.01. The van der Waals surface area contributed by atoms with E-state index in [-0.39, 0.29) is 11.5 Å². The van der Waals surface area contributed by atoms with E-state index in [1.165, 1.54) is 0 Å². The van der Waals surface area contributed by atoms with Crippen molar-refractivity contribution in [1.82, 2.24) is 0 Å². The van der Waals surface area contributed by atoms with Crippen molar-refractivity contribution in [2.75, 3.05) is 0 Å². The van der Waals surface area contributed by atoms with E-state index in [2.05, 4.69) is 47.8 Å². The van der Waals surface area contributed by atoms with Crippen LogP contribution in [0, 0.1) is 0 Å². The molecule has 2 aromatic carbocycles. The Labute approximate surface area is 111 Å². The highest BCUT2D eigenvalue weighted by molar-refractivity contribution is 9.11. The minimum absolute atomic E-state index is 0.113. The zero-order valence-corrected chi connectivity index (χ0v) is 12.0. The van der Waals surface area contributed by atoms with Crippen LogP contribution in [-0.2, 0) is 0 Å². The van der Waals surface area contributed by atoms with Crippen molar-refractivity contribution in [1.29, 1.82) is 0 Å². The van der Waals surface area contributed by atoms with Crippen molar-refractivity contribution in [3.05, 3.63) is 31.6 Å². The molecule has 2 nitrogen and oxygen atoms in total. The molecule has 0 aromatic heterocycles. The first-order valence-corrected chi connectivity index (χ1v) is 6.38. The smallest absolute Gasteiger partial charge is 0.138 e. The van der Waals surface area contributed by atoms with Crippen LogP contribution in [0.3, 0.4) is 0 Å². The molecular weight excluding hydrogens is 392 g/mol. The molecule has 78 valence electrons. The number of hydrogen-bond acceptors (Lipinski definition) is 2. The normalized spacial score (nSPS) is 10.9. The Bertz CT molecular complexity index is 552. The number of fused-ring (bicyclic) bond motifs is 1. The van der Waals surface area contributed by atoms with Crippen LogP contribution in [-0.4, -0.2) is 10.2 Å². The number of hydrogen-bond donors (Lipinski definition) is 2. The second kappa shape index (κ2) is 3.96. The minimum atomic E-state index is 0.113. The van der Waals surface area contributed by atoms with Gasteiger partial charge in [-0.05, 0) is 66.0 Å². The molecule has 2 aromatic rings. The molecule has 0 aliphatic carbocycles. The van der Waals surface area contributed by atoms with Crippen molar-refractivity contribution in [2.24, 2.45) is 0 Å². The maximum Gasteiger partial charge on any atom is 0.138 e. The Balaban J connectivity index is 3.03. The number of phenolic OH excluding ortho intramolecular Hbond substituents is 2. The van der Waals surface area contributed by atoms with Gasteiger partial charge in [-0.1, -0.05) is 0 Å². The van der Waals surface area contributed by atoms with Gasteiger partial charge in [-0.3, -0.25) is 0 Å². The lowest BCUT2D eigenvalue weighted by Gasteiger charge is -2.08. The summed E-state index contributed by atoms with van der Waals surface area (Å²) in [6.45, 7) is 0. The molecule has 2 rings (SSSR count). The lowest BCUT2D eigenvalue weighted by atomic mass is 10.1. The van der Waals surface area contributed by atoms with E-state index >= 15 is 0 Å². The van der Waals surface area contributed by atoms with Crippen molar-refractivity contribution in [3.8, 4) is 11.5 Å². The van der Waals surface area contributed by atoms with E-state index in [9.17, 15) is 10.2 Å². The molecular formula is C10H5Br3O2. The van der Waals surface area contributed by atoms with E-state index in [1.807, 2.05) is 0 Å². The molecule has 0 atom stereocenters. The van der Waals surface area contributed by atoms with Crippen molar-refractivity contribution in [2.45, 2.75) is 0 Å². The Hall–Kier alpha value is -0.260. The quantitative estimate of drug-likeness (QED) is 0.686. The third kappa shape index (κ3) is 1.77. The van der Waals surface area contributed by atoms with Crippen LogP contribution in [0.2, 0.25) is 0 Å². The average molecular weight is 397 g/mol. The molecule has 0 bridgehead atoms. The molecule has 0 unspecified atom stereocenters. The number of aromatic hydroxyl groups is 2. The standard InChI is InChI=1S/C10H5Br3O2/c11-5-2-1-4-8(10(5)15)6(12)3-7(13)9(4)14/h1-3,14-15H. The highest BCUT2D eigenvalue weighted by Crippen LogP contribution is 2.43. The number of halogens is 3. The van der Waals surface area contributed by atoms with Gasteiger partial charge in [0.05, 0.1) is 8.95 Å². The first kappa shape index (κ1) is 11.2. The Kier molecular flexibility index (Phi) is 2.96. The van der Waals surface area contributed by atoms with Crippen LogP contribution in [0.25, 0.3) is 10.8 Å². The van der Waals surface area contributed by atoms with Crippen LogP contribution >= 0.6 is 47.8 Å². The summed E-state index contributed by atoms with van der Waals surface area (Å²) in [5, 5.41) is 20.8. The predicted molar refractivity (Wildman–Crippen MR) is 70.4 cm³/mol. The molecule has 0 amide bonds. The van der Waals surface area contributed by atoms with E-state index < -0.39 is 0 Å². The van der Waals surface area contributed by atoms with Crippen LogP contribution in [0.1, 0.15) is 0 Å². The summed E-state index contributed by atoms with van der Waals surface area (Å²) >= 11 is 9.81. The molecule has 0 radical (unpaired) electrons. The van der Waals surface area contributed by atoms with Gasteiger partial charge in [-0.25, -0.2) is 0 Å². The summed E-state index contributed by atoms with van der Waals surface area (Å²) < 4.78 is 1.90. The van der Waals surface area contributed by atoms with Crippen molar-refractivity contribution in [3.63, 3.8) is 0 Å². The molecule has 15 heavy (non-hydrogen) atoms. The molecule has 0 aliphatic heterocycles. The number of phenols is 2. The van der Waals surface area contributed by atoms with E-state index in [0.29, 0.717) is 19.7 Å². The van der Waals surface area contributed by atoms with Crippen molar-refractivity contribution >= 4 is 58.6 Å². The first-order chi connectivity index (χ1) is 7.02. The molecule has 0 saturated carbocycles. The van der Waals surface area contributed by atoms with Crippen LogP contribution in [0.5, 0.6) is 11.5 Å². The van der Waals surface area contributed by atoms with Gasteiger partial charge < -0.3 is 10.2 Å². The van der Waals surface area contributed by atoms with E-state index in [4.69, 9.17) is 0 Å². The third-order valence-electron chi connectivity index (χ3n) is 2.10. The number of benzene rings is 2. The molecule has 0 fully saturated rings. The van der Waals surface area contributed by atoms with Crippen LogP contribution in [0.15, 0.2) is 31.6 Å². The molecule has 2 N–H and O–H groups in total. The van der Waals surface area contributed by atoms with Gasteiger partial charge >= 0.3 is 0 Å². The van der Waals surface area contributed by atoms with Crippen molar-refractivity contribution < 1.29 is 10.2 Å². The lowest BCUT2D eigenvalue weighted by Crippen LogP contribution is -1.80. The topological polar surface area (TPSA) is 40.5 Å². The predicted octanol–water partition coefficient (Wildman–Crippen LogP) is 4.54. The Morgan fingerprint density at radius 2 is 1.47 bits per heavy atom. The Morgan fingerprint density at radius 3 is 2.13 bits per heavy atom. The van der Waals surface area contributed by atoms with Gasteiger partial charge in [0.1, 0.15) is 11.5 Å². The Morgan fingerprint density at radius 1 is 0.800 bits per heavy atom. The molecule has 0 aliphatic rings. The van der Waals surface area contributed by atoms with E-state index in [0.717, 1.165) is 4.47 Å². The molecule has 5 heteroatoms. The lowest BCUT2D eigenvalue weighted by molar-refractivity contribution is 0.472. The summed E-state index contributed by atoms with van der Waals surface area (Å²) in [7, 11) is 0. The largest absolute Gasteiger partial charge is 0.506 e. The maximum atomic E-state index is 9.85. The minimum Gasteiger partial charge on any atom is -0.506 e. The number of rotatable bonds is 0. The van der Waals surface area contributed by atoms with Gasteiger partial charge in [0.2, 0.25) is 0 Å². The summed E-state index contributed by atoms with van der Waals surface area (Å²) in [5.41, 5.74) is 0.